The predicted octanol–water partition coefficient (Wildman–Crippen LogP) is 1.49. The topological polar surface area (TPSA) is 50.4 Å². The fourth-order valence-corrected chi connectivity index (χ4v) is 1.61. The third-order valence-corrected chi connectivity index (χ3v) is 2.61. The van der Waals surface area contributed by atoms with Crippen LogP contribution in [-0.4, -0.2) is 19.5 Å². The van der Waals surface area contributed by atoms with Gasteiger partial charge in [-0.3, -0.25) is 4.79 Å². The van der Waals surface area contributed by atoms with Crippen molar-refractivity contribution in [1.29, 1.82) is 0 Å². The smallest absolute Gasteiger partial charge is 0.267 e. The van der Waals surface area contributed by atoms with E-state index in [2.05, 4.69) is 10.6 Å². The monoisotopic (exact) mass is 244 g/mol. The zero-order valence-corrected chi connectivity index (χ0v) is 10.5. The Morgan fingerprint density at radius 1 is 1.33 bits per heavy atom. The Kier molecular flexibility index (Phi) is 3.67. The summed E-state index contributed by atoms with van der Waals surface area (Å²) in [4.78, 5) is 11.5. The number of rotatable bonds is 3. The van der Waals surface area contributed by atoms with Crippen LogP contribution in [0.15, 0.2) is 47.9 Å². The molecule has 4 heteroatoms. The largest absolute Gasteiger partial charge is 0.458 e. The van der Waals surface area contributed by atoms with E-state index in [1.807, 2.05) is 37.3 Å². The molecule has 1 amide bonds. The van der Waals surface area contributed by atoms with Gasteiger partial charge < -0.3 is 15.4 Å². The molecule has 0 aromatic heterocycles. The third-order valence-electron chi connectivity index (χ3n) is 2.61. The van der Waals surface area contributed by atoms with Gasteiger partial charge >= 0.3 is 0 Å². The number of allylic oxidation sites excluding steroid dienone is 1. The molecule has 1 aliphatic heterocycles. The van der Waals surface area contributed by atoms with Crippen LogP contribution in [0.1, 0.15) is 5.56 Å². The van der Waals surface area contributed by atoms with Gasteiger partial charge in [0, 0.05) is 19.7 Å². The van der Waals surface area contributed by atoms with Gasteiger partial charge in [0.15, 0.2) is 0 Å². The lowest BCUT2D eigenvalue weighted by Gasteiger charge is -2.15. The summed E-state index contributed by atoms with van der Waals surface area (Å²) < 4.78 is 5.70. The number of benzene rings is 1. The zero-order valence-electron chi connectivity index (χ0n) is 10.5. The Bertz CT molecular complexity index is 501. The molecular formula is C14H16N2O2. The lowest BCUT2D eigenvalue weighted by molar-refractivity contribution is -0.117. The highest BCUT2D eigenvalue weighted by Crippen LogP contribution is 2.17. The van der Waals surface area contributed by atoms with Crippen LogP contribution in [0.5, 0.6) is 5.75 Å². The fourth-order valence-electron chi connectivity index (χ4n) is 1.61. The Morgan fingerprint density at radius 3 is 2.72 bits per heavy atom. The minimum absolute atomic E-state index is 0.145. The molecule has 0 aliphatic carbocycles. The maximum absolute atomic E-state index is 11.5. The van der Waals surface area contributed by atoms with Gasteiger partial charge in [0.2, 0.25) is 0 Å². The SMILES string of the molecule is CNC(=O)C1=CC(Oc2ccc(C)cc2)=CCN1. The minimum atomic E-state index is -0.145. The number of hydrogen-bond donors (Lipinski definition) is 2. The normalized spacial score (nSPS) is 14.1. The van der Waals surface area contributed by atoms with E-state index < -0.39 is 0 Å². The van der Waals surface area contributed by atoms with E-state index in [-0.39, 0.29) is 5.91 Å². The van der Waals surface area contributed by atoms with Gasteiger partial charge in [-0.2, -0.15) is 0 Å². The van der Waals surface area contributed by atoms with Gasteiger partial charge in [0.1, 0.15) is 17.2 Å². The van der Waals surface area contributed by atoms with Crippen molar-refractivity contribution in [3.8, 4) is 5.75 Å². The molecule has 0 fully saturated rings. The molecule has 2 N–H and O–H groups in total. The van der Waals surface area contributed by atoms with E-state index in [1.54, 1.807) is 13.1 Å². The molecule has 0 unspecified atom stereocenters. The highest BCUT2D eigenvalue weighted by Gasteiger charge is 2.12. The average Bonchev–Trinajstić information content (AvgIpc) is 2.41. The van der Waals surface area contributed by atoms with E-state index in [9.17, 15) is 4.79 Å². The molecule has 18 heavy (non-hydrogen) atoms. The number of nitrogens with one attached hydrogen (secondary N) is 2. The van der Waals surface area contributed by atoms with Crippen LogP contribution in [0.4, 0.5) is 0 Å². The van der Waals surface area contributed by atoms with E-state index in [0.717, 1.165) is 5.75 Å². The van der Waals surface area contributed by atoms with Crippen LogP contribution >= 0.6 is 0 Å². The maximum atomic E-state index is 11.5. The summed E-state index contributed by atoms with van der Waals surface area (Å²) in [5.74, 6) is 1.30. The number of amides is 1. The van der Waals surface area contributed by atoms with Crippen LogP contribution in [0.3, 0.4) is 0 Å². The highest BCUT2D eigenvalue weighted by atomic mass is 16.5. The predicted molar refractivity (Wildman–Crippen MR) is 70.0 cm³/mol. The number of carbonyl (C=O) groups is 1. The van der Waals surface area contributed by atoms with Gasteiger partial charge in [0.25, 0.3) is 5.91 Å². The first-order chi connectivity index (χ1) is 8.69. The van der Waals surface area contributed by atoms with Crippen molar-refractivity contribution >= 4 is 5.91 Å². The number of aryl methyl sites for hydroxylation is 1. The van der Waals surface area contributed by atoms with Crippen LogP contribution in [0, 0.1) is 6.92 Å². The first kappa shape index (κ1) is 12.2. The van der Waals surface area contributed by atoms with Crippen molar-refractivity contribution in [1.82, 2.24) is 10.6 Å². The molecular weight excluding hydrogens is 228 g/mol. The van der Waals surface area contributed by atoms with Crippen LogP contribution < -0.4 is 15.4 Å². The van der Waals surface area contributed by atoms with Crippen molar-refractivity contribution in [2.75, 3.05) is 13.6 Å². The Balaban J connectivity index is 2.10. The molecule has 0 saturated carbocycles. The van der Waals surface area contributed by atoms with Gasteiger partial charge in [-0.05, 0) is 25.1 Å². The van der Waals surface area contributed by atoms with Crippen molar-refractivity contribution in [3.63, 3.8) is 0 Å². The molecule has 1 aliphatic rings. The second-order valence-electron chi connectivity index (χ2n) is 4.04. The summed E-state index contributed by atoms with van der Waals surface area (Å²) in [6, 6.07) is 7.79. The number of ether oxygens (including phenoxy) is 1. The average molecular weight is 244 g/mol. The summed E-state index contributed by atoms with van der Waals surface area (Å²) in [7, 11) is 1.60. The minimum Gasteiger partial charge on any atom is -0.458 e. The van der Waals surface area contributed by atoms with Crippen molar-refractivity contribution < 1.29 is 9.53 Å². The number of hydrogen-bond acceptors (Lipinski definition) is 3. The summed E-state index contributed by atoms with van der Waals surface area (Å²) in [6.45, 7) is 2.61. The first-order valence-corrected chi connectivity index (χ1v) is 5.81. The van der Waals surface area contributed by atoms with Crippen molar-refractivity contribution in [2.45, 2.75) is 6.92 Å². The quantitative estimate of drug-likeness (QED) is 0.847. The van der Waals surface area contributed by atoms with E-state index >= 15 is 0 Å². The Labute approximate surface area is 106 Å². The van der Waals surface area contributed by atoms with E-state index in [1.165, 1.54) is 5.56 Å². The molecule has 0 spiro atoms. The molecule has 0 bridgehead atoms. The second kappa shape index (κ2) is 5.40. The zero-order chi connectivity index (χ0) is 13.0. The van der Waals surface area contributed by atoms with E-state index in [4.69, 9.17) is 4.74 Å². The van der Waals surface area contributed by atoms with Crippen molar-refractivity contribution in [2.24, 2.45) is 0 Å². The lowest BCUT2D eigenvalue weighted by Crippen LogP contribution is -2.31. The Morgan fingerprint density at radius 2 is 2.06 bits per heavy atom. The second-order valence-corrected chi connectivity index (χ2v) is 4.04. The molecule has 2 rings (SSSR count). The van der Waals surface area contributed by atoms with Gasteiger partial charge in [-0.15, -0.1) is 0 Å². The van der Waals surface area contributed by atoms with Crippen LogP contribution in [0.2, 0.25) is 0 Å². The summed E-state index contributed by atoms with van der Waals surface area (Å²) >= 11 is 0. The molecule has 4 nitrogen and oxygen atoms in total. The Hall–Kier alpha value is -2.23. The summed E-state index contributed by atoms with van der Waals surface area (Å²) in [5.41, 5.74) is 1.70. The molecule has 1 aromatic rings. The standard InChI is InChI=1S/C14H16N2O2/c1-10-3-5-11(6-4-10)18-12-7-8-16-13(9-12)14(17)15-2/h3-7,9,16H,8H2,1-2H3,(H,15,17). The summed E-state index contributed by atoms with van der Waals surface area (Å²) in [6.07, 6.45) is 3.59. The molecule has 0 atom stereocenters. The van der Waals surface area contributed by atoms with Crippen molar-refractivity contribution in [3.05, 3.63) is 53.4 Å². The summed E-state index contributed by atoms with van der Waals surface area (Å²) in [5, 5.41) is 5.56. The fraction of sp³-hybridized carbons (Fsp3) is 0.214. The third kappa shape index (κ3) is 2.91. The number of dihydropyridines is 1. The van der Waals surface area contributed by atoms with Gasteiger partial charge in [-0.25, -0.2) is 0 Å². The molecule has 0 radical (unpaired) electrons. The molecule has 1 aromatic carbocycles. The molecule has 1 heterocycles. The van der Waals surface area contributed by atoms with Gasteiger partial charge in [0.05, 0.1) is 0 Å². The molecule has 94 valence electrons. The first-order valence-electron chi connectivity index (χ1n) is 5.81. The number of likely N-dealkylation sites (N-methyl/N-ethyl adjacent to an activating group) is 1. The van der Waals surface area contributed by atoms with Gasteiger partial charge in [-0.1, -0.05) is 17.7 Å². The molecule has 0 saturated heterocycles. The number of carbonyl (C=O) groups excluding carboxylic acids is 1. The van der Waals surface area contributed by atoms with Crippen LogP contribution in [0.25, 0.3) is 0 Å². The lowest BCUT2D eigenvalue weighted by atomic mass is 10.2. The highest BCUT2D eigenvalue weighted by molar-refractivity contribution is 5.93. The van der Waals surface area contributed by atoms with Crippen LogP contribution in [-0.2, 0) is 4.79 Å². The maximum Gasteiger partial charge on any atom is 0.267 e. The van der Waals surface area contributed by atoms with E-state index in [0.29, 0.717) is 18.0 Å².